The molecule has 4 nitrogen and oxygen atoms in total. The molecule has 1 aromatic rings. The number of carbonyl (C=O) groups is 1. The third-order valence-corrected chi connectivity index (χ3v) is 2.28. The van der Waals surface area contributed by atoms with Gasteiger partial charge in [-0.3, -0.25) is 0 Å². The van der Waals surface area contributed by atoms with Crippen LogP contribution in [0.1, 0.15) is 28.9 Å². The van der Waals surface area contributed by atoms with Gasteiger partial charge in [-0.1, -0.05) is 0 Å². The number of carbonyl (C=O) groups excluding carboxylic acids is 1. The Balaban J connectivity index is 2.50. The van der Waals surface area contributed by atoms with Crippen molar-refractivity contribution in [2.24, 2.45) is 0 Å². The minimum absolute atomic E-state index is 0.367. The van der Waals surface area contributed by atoms with Crippen molar-refractivity contribution in [3.8, 4) is 0 Å². The van der Waals surface area contributed by atoms with Gasteiger partial charge in [-0.25, -0.2) is 9.78 Å². The smallest absolute Gasteiger partial charge is 0.356 e. The molecule has 16 heavy (non-hydrogen) atoms. The van der Waals surface area contributed by atoms with Gasteiger partial charge < -0.3 is 9.47 Å². The zero-order valence-corrected chi connectivity index (χ0v) is 9.73. The molecule has 0 spiro atoms. The van der Waals surface area contributed by atoms with Gasteiger partial charge in [0, 0.05) is 19.9 Å². The zero-order chi connectivity index (χ0) is 11.8. The molecule has 1 aromatic heterocycles. The molecule has 1 rings (SSSR count). The fourth-order valence-corrected chi connectivity index (χ4v) is 1.42. The van der Waals surface area contributed by atoms with Crippen molar-refractivity contribution in [3.05, 3.63) is 29.6 Å². The van der Waals surface area contributed by atoms with Crippen LogP contribution in [-0.2, 0) is 15.9 Å². The molecule has 0 unspecified atom stereocenters. The Bertz CT molecular complexity index is 339. The molecule has 0 bridgehead atoms. The third kappa shape index (κ3) is 3.98. The van der Waals surface area contributed by atoms with Crippen molar-refractivity contribution in [1.29, 1.82) is 0 Å². The minimum atomic E-state index is -0.390. The van der Waals surface area contributed by atoms with Gasteiger partial charge in [0.15, 0.2) is 0 Å². The molecule has 0 aliphatic carbocycles. The lowest BCUT2D eigenvalue weighted by Gasteiger charge is -2.03. The summed E-state index contributed by atoms with van der Waals surface area (Å²) < 4.78 is 9.59. The highest BCUT2D eigenvalue weighted by Gasteiger charge is 2.06. The maximum Gasteiger partial charge on any atom is 0.356 e. The summed E-state index contributed by atoms with van der Waals surface area (Å²) >= 11 is 0. The Morgan fingerprint density at radius 2 is 2.19 bits per heavy atom. The number of unbranched alkanes of at least 4 members (excludes halogenated alkanes) is 1. The minimum Gasteiger partial charge on any atom is -0.464 e. The van der Waals surface area contributed by atoms with Crippen LogP contribution in [0.2, 0.25) is 0 Å². The van der Waals surface area contributed by atoms with E-state index in [1.165, 1.54) is 7.11 Å². The second kappa shape index (κ2) is 6.95. The number of hydrogen-bond acceptors (Lipinski definition) is 4. The molecular formula is C12H17NO3. The van der Waals surface area contributed by atoms with Crippen molar-refractivity contribution in [2.75, 3.05) is 20.8 Å². The number of pyridine rings is 1. The normalized spacial score (nSPS) is 10.1. The largest absolute Gasteiger partial charge is 0.464 e. The molecule has 0 N–H and O–H groups in total. The number of esters is 1. The summed E-state index contributed by atoms with van der Waals surface area (Å²) in [4.78, 5) is 15.2. The molecule has 0 saturated carbocycles. The molecule has 0 fully saturated rings. The van der Waals surface area contributed by atoms with E-state index in [-0.39, 0.29) is 0 Å². The maximum atomic E-state index is 11.2. The van der Waals surface area contributed by atoms with Crippen LogP contribution in [0, 0.1) is 0 Å². The van der Waals surface area contributed by atoms with Crippen LogP contribution in [0.4, 0.5) is 0 Å². The van der Waals surface area contributed by atoms with Crippen molar-refractivity contribution in [2.45, 2.75) is 19.3 Å². The summed E-state index contributed by atoms with van der Waals surface area (Å²) in [5, 5.41) is 0. The topological polar surface area (TPSA) is 48.4 Å². The first-order chi connectivity index (χ1) is 7.77. The first-order valence-electron chi connectivity index (χ1n) is 5.30. The number of hydrogen-bond donors (Lipinski definition) is 0. The molecule has 4 heteroatoms. The number of nitrogens with zero attached hydrogens (tertiary/aromatic N) is 1. The van der Waals surface area contributed by atoms with Crippen LogP contribution in [0.5, 0.6) is 0 Å². The molecule has 0 aliphatic heterocycles. The summed E-state index contributed by atoms with van der Waals surface area (Å²) in [6, 6.07) is 3.69. The Kier molecular flexibility index (Phi) is 5.50. The fourth-order valence-electron chi connectivity index (χ4n) is 1.42. The number of aromatic nitrogens is 1. The zero-order valence-electron chi connectivity index (χ0n) is 9.73. The van der Waals surface area contributed by atoms with E-state index in [0.717, 1.165) is 31.4 Å². The summed E-state index contributed by atoms with van der Waals surface area (Å²) in [5.74, 6) is -0.390. The van der Waals surface area contributed by atoms with E-state index in [1.807, 2.05) is 6.07 Å². The second-order valence-electron chi connectivity index (χ2n) is 3.49. The van der Waals surface area contributed by atoms with Crippen molar-refractivity contribution < 1.29 is 14.3 Å². The van der Waals surface area contributed by atoms with Crippen molar-refractivity contribution >= 4 is 5.97 Å². The van der Waals surface area contributed by atoms with Gasteiger partial charge in [0.1, 0.15) is 5.69 Å². The van der Waals surface area contributed by atoms with E-state index >= 15 is 0 Å². The van der Waals surface area contributed by atoms with E-state index in [0.29, 0.717) is 5.69 Å². The van der Waals surface area contributed by atoms with Crippen molar-refractivity contribution in [1.82, 2.24) is 4.98 Å². The molecular weight excluding hydrogens is 206 g/mol. The Labute approximate surface area is 95.6 Å². The van der Waals surface area contributed by atoms with Gasteiger partial charge in [-0.05, 0) is 37.0 Å². The van der Waals surface area contributed by atoms with Crippen LogP contribution in [0.25, 0.3) is 0 Å². The number of aryl methyl sites for hydroxylation is 1. The highest BCUT2D eigenvalue weighted by Crippen LogP contribution is 2.07. The average molecular weight is 223 g/mol. The summed E-state index contributed by atoms with van der Waals surface area (Å²) in [6.07, 6.45) is 4.62. The molecule has 0 aromatic carbocycles. The lowest BCUT2D eigenvalue weighted by atomic mass is 10.1. The SMILES string of the molecule is COCCCCc1ccnc(C(=O)OC)c1. The van der Waals surface area contributed by atoms with Gasteiger partial charge in [-0.2, -0.15) is 0 Å². The number of methoxy groups -OCH3 is 2. The average Bonchev–Trinajstić information content (AvgIpc) is 2.34. The second-order valence-corrected chi connectivity index (χ2v) is 3.49. The van der Waals surface area contributed by atoms with Crippen LogP contribution in [0.3, 0.4) is 0 Å². The first kappa shape index (κ1) is 12.6. The van der Waals surface area contributed by atoms with E-state index in [1.54, 1.807) is 19.4 Å². The standard InChI is InChI=1S/C12H17NO3/c1-15-8-4-3-5-10-6-7-13-11(9-10)12(14)16-2/h6-7,9H,3-5,8H2,1-2H3. The highest BCUT2D eigenvalue weighted by atomic mass is 16.5. The van der Waals surface area contributed by atoms with Crippen LogP contribution in [0.15, 0.2) is 18.3 Å². The van der Waals surface area contributed by atoms with Gasteiger partial charge in [-0.15, -0.1) is 0 Å². The van der Waals surface area contributed by atoms with Gasteiger partial charge in [0.25, 0.3) is 0 Å². The monoisotopic (exact) mass is 223 g/mol. The number of ether oxygens (including phenoxy) is 2. The van der Waals surface area contributed by atoms with Gasteiger partial charge in [0.2, 0.25) is 0 Å². The Morgan fingerprint density at radius 3 is 2.88 bits per heavy atom. The van der Waals surface area contributed by atoms with Gasteiger partial charge >= 0.3 is 5.97 Å². The van der Waals surface area contributed by atoms with E-state index in [9.17, 15) is 4.79 Å². The predicted octanol–water partition coefficient (Wildman–Crippen LogP) is 1.84. The first-order valence-corrected chi connectivity index (χ1v) is 5.30. The number of rotatable bonds is 6. The highest BCUT2D eigenvalue weighted by molar-refractivity contribution is 5.87. The molecule has 88 valence electrons. The van der Waals surface area contributed by atoms with Crippen LogP contribution in [-0.4, -0.2) is 31.8 Å². The quantitative estimate of drug-likeness (QED) is 0.545. The van der Waals surface area contributed by atoms with Gasteiger partial charge in [0.05, 0.1) is 7.11 Å². The van der Waals surface area contributed by atoms with E-state index in [2.05, 4.69) is 9.72 Å². The van der Waals surface area contributed by atoms with Crippen LogP contribution < -0.4 is 0 Å². The van der Waals surface area contributed by atoms with Crippen LogP contribution >= 0.6 is 0 Å². The Morgan fingerprint density at radius 1 is 1.38 bits per heavy atom. The molecule has 0 aliphatic rings. The summed E-state index contributed by atoms with van der Waals surface area (Å²) in [7, 11) is 3.05. The molecule has 0 atom stereocenters. The lowest BCUT2D eigenvalue weighted by molar-refractivity contribution is 0.0594. The third-order valence-electron chi connectivity index (χ3n) is 2.28. The fraction of sp³-hybridized carbons (Fsp3) is 0.500. The van der Waals surface area contributed by atoms with E-state index < -0.39 is 5.97 Å². The summed E-state index contributed by atoms with van der Waals surface area (Å²) in [5.41, 5.74) is 1.47. The molecule has 0 saturated heterocycles. The van der Waals surface area contributed by atoms with Crippen molar-refractivity contribution in [3.63, 3.8) is 0 Å². The predicted molar refractivity (Wildman–Crippen MR) is 60.4 cm³/mol. The molecule has 1 heterocycles. The molecule has 0 amide bonds. The summed E-state index contributed by atoms with van der Waals surface area (Å²) in [6.45, 7) is 0.773. The Hall–Kier alpha value is -1.42. The molecule has 0 radical (unpaired) electrons. The van der Waals surface area contributed by atoms with E-state index in [4.69, 9.17) is 4.74 Å². The lowest BCUT2D eigenvalue weighted by Crippen LogP contribution is -2.04. The maximum absolute atomic E-state index is 11.2.